The molecule has 4 heteroatoms. The molecule has 1 aromatic carbocycles. The van der Waals surface area contributed by atoms with Crippen LogP contribution in [0.2, 0.25) is 0 Å². The SMILES string of the molecule is CC(N)C(c1ccccc1Br)N1CCCC1CCCO. The number of aliphatic hydroxyl groups excluding tert-OH is 1. The van der Waals surface area contributed by atoms with Crippen molar-refractivity contribution in [2.45, 2.75) is 50.7 Å². The van der Waals surface area contributed by atoms with Gasteiger partial charge in [0.2, 0.25) is 0 Å². The molecule has 112 valence electrons. The van der Waals surface area contributed by atoms with Gasteiger partial charge >= 0.3 is 0 Å². The standard InChI is InChI=1S/C16H25BrN2O/c1-12(18)16(14-8-2-3-9-15(14)17)19-10-4-6-13(19)7-5-11-20/h2-3,8-9,12-13,16,20H,4-7,10-11,18H2,1H3. The maximum atomic E-state index is 9.07. The topological polar surface area (TPSA) is 49.5 Å². The fourth-order valence-corrected chi connectivity index (χ4v) is 3.86. The normalized spacial score (nSPS) is 22.9. The molecule has 0 radical (unpaired) electrons. The largest absolute Gasteiger partial charge is 0.396 e. The van der Waals surface area contributed by atoms with Gasteiger partial charge in [-0.05, 0) is 50.8 Å². The summed E-state index contributed by atoms with van der Waals surface area (Å²) < 4.78 is 1.13. The maximum absolute atomic E-state index is 9.07. The minimum Gasteiger partial charge on any atom is -0.396 e. The maximum Gasteiger partial charge on any atom is 0.0510 e. The summed E-state index contributed by atoms with van der Waals surface area (Å²) in [5, 5.41) is 9.07. The van der Waals surface area contributed by atoms with E-state index < -0.39 is 0 Å². The van der Waals surface area contributed by atoms with Gasteiger partial charge in [0, 0.05) is 23.2 Å². The van der Waals surface area contributed by atoms with Crippen molar-refractivity contribution in [2.24, 2.45) is 5.73 Å². The van der Waals surface area contributed by atoms with E-state index in [1.165, 1.54) is 18.4 Å². The Labute approximate surface area is 130 Å². The first-order valence-corrected chi connectivity index (χ1v) is 8.31. The molecule has 1 aliphatic rings. The minimum atomic E-state index is 0.0865. The van der Waals surface area contributed by atoms with Gasteiger partial charge < -0.3 is 10.8 Å². The van der Waals surface area contributed by atoms with Crippen molar-refractivity contribution in [1.82, 2.24) is 4.90 Å². The summed E-state index contributed by atoms with van der Waals surface area (Å²) in [4.78, 5) is 2.54. The first-order valence-electron chi connectivity index (χ1n) is 7.51. The smallest absolute Gasteiger partial charge is 0.0510 e. The highest BCUT2D eigenvalue weighted by Crippen LogP contribution is 2.36. The summed E-state index contributed by atoms with van der Waals surface area (Å²) in [6.07, 6.45) is 4.38. The average molecular weight is 341 g/mol. The van der Waals surface area contributed by atoms with E-state index in [2.05, 4.69) is 46.0 Å². The predicted octanol–water partition coefficient (Wildman–Crippen LogP) is 3.07. The van der Waals surface area contributed by atoms with E-state index in [-0.39, 0.29) is 18.7 Å². The number of rotatable bonds is 6. The Balaban J connectivity index is 2.22. The Bertz CT molecular complexity index is 425. The van der Waals surface area contributed by atoms with Crippen molar-refractivity contribution in [2.75, 3.05) is 13.2 Å². The molecule has 3 atom stereocenters. The van der Waals surface area contributed by atoms with Gasteiger partial charge in [-0.15, -0.1) is 0 Å². The van der Waals surface area contributed by atoms with Crippen LogP contribution in [0.4, 0.5) is 0 Å². The molecule has 3 unspecified atom stereocenters. The Morgan fingerprint density at radius 3 is 2.85 bits per heavy atom. The van der Waals surface area contributed by atoms with Crippen LogP contribution in [0.25, 0.3) is 0 Å². The molecule has 1 heterocycles. The number of hydrogen-bond acceptors (Lipinski definition) is 3. The third-order valence-electron chi connectivity index (χ3n) is 4.20. The van der Waals surface area contributed by atoms with Crippen LogP contribution in [0.15, 0.2) is 28.7 Å². The van der Waals surface area contributed by atoms with Crippen LogP contribution >= 0.6 is 15.9 Å². The van der Waals surface area contributed by atoms with E-state index in [4.69, 9.17) is 10.8 Å². The molecule has 0 spiro atoms. The molecule has 0 aliphatic carbocycles. The van der Waals surface area contributed by atoms with Crippen LogP contribution in [0, 0.1) is 0 Å². The molecule has 20 heavy (non-hydrogen) atoms. The zero-order valence-corrected chi connectivity index (χ0v) is 13.7. The highest BCUT2D eigenvalue weighted by molar-refractivity contribution is 9.10. The molecular weight excluding hydrogens is 316 g/mol. The van der Waals surface area contributed by atoms with E-state index in [0.717, 1.165) is 23.9 Å². The number of hydrogen-bond donors (Lipinski definition) is 2. The number of benzene rings is 1. The van der Waals surface area contributed by atoms with E-state index in [1.54, 1.807) is 0 Å². The fourth-order valence-electron chi connectivity index (χ4n) is 3.34. The zero-order valence-electron chi connectivity index (χ0n) is 12.1. The molecule has 0 saturated carbocycles. The van der Waals surface area contributed by atoms with Crippen molar-refractivity contribution >= 4 is 15.9 Å². The fraction of sp³-hybridized carbons (Fsp3) is 0.625. The molecule has 3 N–H and O–H groups in total. The monoisotopic (exact) mass is 340 g/mol. The molecule has 1 aromatic rings. The summed E-state index contributed by atoms with van der Waals surface area (Å²) in [7, 11) is 0. The molecule has 3 nitrogen and oxygen atoms in total. The van der Waals surface area contributed by atoms with Gasteiger partial charge in [0.05, 0.1) is 6.04 Å². The molecule has 0 amide bonds. The molecule has 1 fully saturated rings. The van der Waals surface area contributed by atoms with E-state index in [0.29, 0.717) is 6.04 Å². The Morgan fingerprint density at radius 2 is 2.20 bits per heavy atom. The van der Waals surface area contributed by atoms with E-state index in [1.807, 2.05) is 6.07 Å². The second-order valence-corrected chi connectivity index (χ2v) is 6.58. The number of halogens is 1. The number of nitrogens with zero attached hydrogens (tertiary/aromatic N) is 1. The van der Waals surface area contributed by atoms with Crippen molar-refractivity contribution in [3.8, 4) is 0 Å². The van der Waals surface area contributed by atoms with Gasteiger partial charge in [-0.1, -0.05) is 34.1 Å². The molecule has 0 aromatic heterocycles. The summed E-state index contributed by atoms with van der Waals surface area (Å²) in [5.74, 6) is 0. The molecule has 0 bridgehead atoms. The van der Waals surface area contributed by atoms with Gasteiger partial charge in [0.25, 0.3) is 0 Å². The number of likely N-dealkylation sites (tertiary alicyclic amines) is 1. The molecule has 1 aliphatic heterocycles. The van der Waals surface area contributed by atoms with Crippen LogP contribution in [0.1, 0.15) is 44.2 Å². The van der Waals surface area contributed by atoms with Crippen molar-refractivity contribution in [1.29, 1.82) is 0 Å². The number of aliphatic hydroxyl groups is 1. The lowest BCUT2D eigenvalue weighted by Crippen LogP contribution is -2.42. The van der Waals surface area contributed by atoms with Gasteiger partial charge in [-0.3, -0.25) is 4.90 Å². The van der Waals surface area contributed by atoms with Gasteiger partial charge in [0.15, 0.2) is 0 Å². The van der Waals surface area contributed by atoms with Crippen LogP contribution in [-0.4, -0.2) is 35.2 Å². The van der Waals surface area contributed by atoms with Gasteiger partial charge in [-0.25, -0.2) is 0 Å². The Kier molecular flexibility index (Phi) is 6.02. The third kappa shape index (κ3) is 3.61. The van der Waals surface area contributed by atoms with Crippen molar-refractivity contribution in [3.05, 3.63) is 34.3 Å². The summed E-state index contributed by atoms with van der Waals surface area (Å²) in [6, 6.07) is 9.25. The van der Waals surface area contributed by atoms with Crippen LogP contribution in [0.5, 0.6) is 0 Å². The summed E-state index contributed by atoms with van der Waals surface area (Å²) >= 11 is 3.66. The lowest BCUT2D eigenvalue weighted by molar-refractivity contribution is 0.145. The summed E-state index contributed by atoms with van der Waals surface area (Å²) in [5.41, 5.74) is 7.57. The second kappa shape index (κ2) is 7.55. The lowest BCUT2D eigenvalue weighted by Gasteiger charge is -2.36. The van der Waals surface area contributed by atoms with E-state index in [9.17, 15) is 0 Å². The first-order chi connectivity index (χ1) is 9.65. The van der Waals surface area contributed by atoms with Crippen LogP contribution in [-0.2, 0) is 0 Å². The lowest BCUT2D eigenvalue weighted by atomic mass is 9.97. The average Bonchev–Trinajstić information content (AvgIpc) is 2.87. The van der Waals surface area contributed by atoms with Crippen molar-refractivity contribution < 1.29 is 5.11 Å². The van der Waals surface area contributed by atoms with Crippen molar-refractivity contribution in [3.63, 3.8) is 0 Å². The Hall–Kier alpha value is -0.420. The summed E-state index contributed by atoms with van der Waals surface area (Å²) in [6.45, 7) is 3.47. The molecule has 1 saturated heterocycles. The highest BCUT2D eigenvalue weighted by atomic mass is 79.9. The Morgan fingerprint density at radius 1 is 1.45 bits per heavy atom. The minimum absolute atomic E-state index is 0.0865. The van der Waals surface area contributed by atoms with Gasteiger partial charge in [-0.2, -0.15) is 0 Å². The second-order valence-electron chi connectivity index (χ2n) is 5.73. The molecular formula is C16H25BrN2O. The third-order valence-corrected chi connectivity index (χ3v) is 4.92. The van der Waals surface area contributed by atoms with Crippen LogP contribution in [0.3, 0.4) is 0 Å². The zero-order chi connectivity index (χ0) is 14.5. The van der Waals surface area contributed by atoms with E-state index >= 15 is 0 Å². The number of nitrogens with two attached hydrogens (primary N) is 1. The first kappa shape index (κ1) is 16.0. The highest BCUT2D eigenvalue weighted by Gasteiger charge is 2.33. The predicted molar refractivity (Wildman–Crippen MR) is 86.6 cm³/mol. The van der Waals surface area contributed by atoms with Gasteiger partial charge in [0.1, 0.15) is 0 Å². The quantitative estimate of drug-likeness (QED) is 0.836. The van der Waals surface area contributed by atoms with Crippen LogP contribution < -0.4 is 5.73 Å². The molecule has 2 rings (SSSR count).